The Labute approximate surface area is 156 Å². The van der Waals surface area contributed by atoms with Crippen molar-refractivity contribution in [1.82, 2.24) is 19.7 Å². The van der Waals surface area contributed by atoms with Crippen molar-refractivity contribution in [3.63, 3.8) is 0 Å². The molecule has 9 nitrogen and oxygen atoms in total. The van der Waals surface area contributed by atoms with Gasteiger partial charge < -0.3 is 23.7 Å². The molecule has 0 bridgehead atoms. The molecule has 0 unspecified atom stereocenters. The summed E-state index contributed by atoms with van der Waals surface area (Å²) in [5.74, 6) is 1.11. The molecular formula is C18H22N4O5. The highest BCUT2D eigenvalue weighted by atomic mass is 16.5. The van der Waals surface area contributed by atoms with Gasteiger partial charge in [-0.1, -0.05) is 0 Å². The van der Waals surface area contributed by atoms with Crippen molar-refractivity contribution in [1.29, 1.82) is 0 Å². The summed E-state index contributed by atoms with van der Waals surface area (Å²) in [7, 11) is 4.38. The molecule has 27 heavy (non-hydrogen) atoms. The van der Waals surface area contributed by atoms with Crippen LogP contribution in [-0.2, 0) is 22.6 Å². The van der Waals surface area contributed by atoms with E-state index in [4.69, 9.17) is 14.2 Å². The number of benzene rings is 1. The van der Waals surface area contributed by atoms with Crippen LogP contribution >= 0.6 is 0 Å². The Kier molecular flexibility index (Phi) is 5.41. The predicted molar refractivity (Wildman–Crippen MR) is 94.5 cm³/mol. The maximum Gasteiger partial charge on any atom is 0.338 e. The predicted octanol–water partition coefficient (Wildman–Crippen LogP) is 1.44. The van der Waals surface area contributed by atoms with Gasteiger partial charge in [0, 0.05) is 19.2 Å². The topological polar surface area (TPSA) is 95.8 Å². The first kappa shape index (κ1) is 18.8. The van der Waals surface area contributed by atoms with E-state index >= 15 is 0 Å². The Bertz CT molecular complexity index is 863. The highest BCUT2D eigenvalue weighted by molar-refractivity contribution is 5.98. The molecule has 1 amide bonds. The minimum atomic E-state index is -0.529. The van der Waals surface area contributed by atoms with E-state index in [9.17, 15) is 9.59 Å². The van der Waals surface area contributed by atoms with E-state index in [1.54, 1.807) is 18.1 Å². The largest absolute Gasteiger partial charge is 0.497 e. The van der Waals surface area contributed by atoms with E-state index in [1.165, 1.54) is 26.4 Å². The molecule has 1 aromatic heterocycles. The molecule has 0 spiro atoms. The van der Waals surface area contributed by atoms with E-state index in [0.29, 0.717) is 36.8 Å². The molecule has 9 heteroatoms. The van der Waals surface area contributed by atoms with Crippen LogP contribution in [0.1, 0.15) is 45.3 Å². The van der Waals surface area contributed by atoms with Gasteiger partial charge in [0.05, 0.1) is 32.4 Å². The summed E-state index contributed by atoms with van der Waals surface area (Å²) in [5, 5.41) is 8.33. The van der Waals surface area contributed by atoms with Gasteiger partial charge in [0.1, 0.15) is 12.4 Å². The van der Waals surface area contributed by atoms with Crippen LogP contribution in [0.4, 0.5) is 0 Å². The van der Waals surface area contributed by atoms with Gasteiger partial charge in [-0.3, -0.25) is 4.79 Å². The van der Waals surface area contributed by atoms with E-state index in [-0.39, 0.29) is 17.5 Å². The zero-order valence-corrected chi connectivity index (χ0v) is 15.8. The second kappa shape index (κ2) is 7.75. The van der Waals surface area contributed by atoms with Crippen LogP contribution in [0.25, 0.3) is 0 Å². The lowest BCUT2D eigenvalue weighted by Gasteiger charge is -2.32. The molecule has 1 aliphatic heterocycles. The van der Waals surface area contributed by atoms with Gasteiger partial charge in [-0.05, 0) is 25.1 Å². The van der Waals surface area contributed by atoms with Crippen molar-refractivity contribution in [3.8, 4) is 5.75 Å². The highest BCUT2D eigenvalue weighted by Crippen LogP contribution is 2.25. The number of methoxy groups -OCH3 is 3. The van der Waals surface area contributed by atoms with Crippen molar-refractivity contribution in [3.05, 3.63) is 41.0 Å². The molecular weight excluding hydrogens is 352 g/mol. The number of esters is 1. The molecule has 2 heterocycles. The van der Waals surface area contributed by atoms with Crippen LogP contribution in [0.2, 0.25) is 0 Å². The van der Waals surface area contributed by atoms with Crippen LogP contribution in [-0.4, -0.2) is 59.4 Å². The smallest absolute Gasteiger partial charge is 0.338 e. The summed E-state index contributed by atoms with van der Waals surface area (Å²) in [5.41, 5.74) is 0.614. The van der Waals surface area contributed by atoms with Crippen molar-refractivity contribution < 1.29 is 23.8 Å². The van der Waals surface area contributed by atoms with Crippen molar-refractivity contribution in [2.75, 3.05) is 27.9 Å². The lowest BCUT2D eigenvalue weighted by Crippen LogP contribution is -2.40. The number of rotatable bonds is 5. The minimum absolute atomic E-state index is 0.00327. The van der Waals surface area contributed by atoms with Gasteiger partial charge >= 0.3 is 5.97 Å². The fourth-order valence-corrected chi connectivity index (χ4v) is 3.25. The summed E-state index contributed by atoms with van der Waals surface area (Å²) in [6, 6.07) is 4.66. The van der Waals surface area contributed by atoms with E-state index < -0.39 is 5.97 Å². The van der Waals surface area contributed by atoms with Crippen LogP contribution in [0.5, 0.6) is 5.75 Å². The molecule has 1 aromatic carbocycles. The molecule has 0 aliphatic carbocycles. The maximum atomic E-state index is 13.1. The number of fused-ring (bicyclic) bond motifs is 1. The monoisotopic (exact) mass is 374 g/mol. The van der Waals surface area contributed by atoms with Gasteiger partial charge in [0.15, 0.2) is 11.6 Å². The molecule has 1 atom stereocenters. The fourth-order valence-electron chi connectivity index (χ4n) is 3.25. The normalized spacial score (nSPS) is 16.0. The van der Waals surface area contributed by atoms with Gasteiger partial charge in [0.25, 0.3) is 5.91 Å². The third-order valence-electron chi connectivity index (χ3n) is 4.47. The molecule has 0 N–H and O–H groups in total. The fraction of sp³-hybridized carbons (Fsp3) is 0.444. The number of hydrogen-bond acceptors (Lipinski definition) is 7. The third kappa shape index (κ3) is 3.63. The summed E-state index contributed by atoms with van der Waals surface area (Å²) in [6.45, 7) is 3.18. The van der Waals surface area contributed by atoms with Crippen LogP contribution in [0.15, 0.2) is 18.2 Å². The van der Waals surface area contributed by atoms with Crippen molar-refractivity contribution in [2.45, 2.75) is 26.1 Å². The van der Waals surface area contributed by atoms with Crippen LogP contribution < -0.4 is 4.74 Å². The zero-order valence-electron chi connectivity index (χ0n) is 15.8. The van der Waals surface area contributed by atoms with E-state index in [0.717, 1.165) is 5.82 Å². The Morgan fingerprint density at radius 2 is 1.89 bits per heavy atom. The molecule has 0 radical (unpaired) electrons. The average Bonchev–Trinajstić information content (AvgIpc) is 3.10. The second-order valence-electron chi connectivity index (χ2n) is 6.31. The number of hydrogen-bond donors (Lipinski definition) is 0. The van der Waals surface area contributed by atoms with E-state index in [2.05, 4.69) is 10.2 Å². The molecule has 0 saturated heterocycles. The Morgan fingerprint density at radius 1 is 1.15 bits per heavy atom. The van der Waals surface area contributed by atoms with Gasteiger partial charge in [0.2, 0.25) is 0 Å². The number of carbonyl (C=O) groups is 2. The van der Waals surface area contributed by atoms with Crippen molar-refractivity contribution in [2.24, 2.45) is 0 Å². The Balaban J connectivity index is 1.89. The molecule has 2 aromatic rings. The van der Waals surface area contributed by atoms with Gasteiger partial charge in [-0.2, -0.15) is 0 Å². The lowest BCUT2D eigenvalue weighted by atomic mass is 10.1. The molecule has 3 rings (SSSR count). The van der Waals surface area contributed by atoms with Gasteiger partial charge in [-0.25, -0.2) is 4.79 Å². The number of nitrogens with zero attached hydrogens (tertiary/aromatic N) is 4. The summed E-state index contributed by atoms with van der Waals surface area (Å²) in [6.07, 6.45) is 0. The SMILES string of the molecule is COCc1nnc2n1[C@@H](C)CN(C(=O)c1cc(OC)cc(C(=O)OC)c1)C2. The summed E-state index contributed by atoms with van der Waals surface area (Å²) >= 11 is 0. The Hall–Kier alpha value is -2.94. The number of aromatic nitrogens is 3. The number of carbonyl (C=O) groups excluding carboxylic acids is 2. The summed E-state index contributed by atoms with van der Waals surface area (Å²) in [4.78, 5) is 26.6. The molecule has 144 valence electrons. The first-order valence-corrected chi connectivity index (χ1v) is 8.46. The van der Waals surface area contributed by atoms with Crippen molar-refractivity contribution >= 4 is 11.9 Å². The number of ether oxygens (including phenoxy) is 3. The third-order valence-corrected chi connectivity index (χ3v) is 4.47. The Morgan fingerprint density at radius 3 is 2.56 bits per heavy atom. The van der Waals surface area contributed by atoms with Gasteiger partial charge in [-0.15, -0.1) is 10.2 Å². The van der Waals surface area contributed by atoms with Crippen LogP contribution in [0, 0.1) is 0 Å². The minimum Gasteiger partial charge on any atom is -0.497 e. The average molecular weight is 374 g/mol. The first-order valence-electron chi connectivity index (χ1n) is 8.46. The maximum absolute atomic E-state index is 13.1. The highest BCUT2D eigenvalue weighted by Gasteiger charge is 2.30. The molecule has 1 aliphatic rings. The summed E-state index contributed by atoms with van der Waals surface area (Å²) < 4.78 is 17.1. The number of amides is 1. The lowest BCUT2D eigenvalue weighted by molar-refractivity contribution is 0.0600. The standard InChI is InChI=1S/C18H22N4O5/c1-11-8-21(9-15-19-20-16(10-25-2)22(11)15)17(23)12-5-13(18(24)27-4)7-14(6-12)26-3/h5-7,11H,8-10H2,1-4H3/t11-/m0/s1. The first-order chi connectivity index (χ1) is 13.0. The molecule has 0 saturated carbocycles. The molecule has 0 fully saturated rings. The van der Waals surface area contributed by atoms with E-state index in [1.807, 2.05) is 11.5 Å². The zero-order chi connectivity index (χ0) is 19.6. The quantitative estimate of drug-likeness (QED) is 0.731. The second-order valence-corrected chi connectivity index (χ2v) is 6.31. The van der Waals surface area contributed by atoms with Crippen LogP contribution in [0.3, 0.4) is 0 Å².